The summed E-state index contributed by atoms with van der Waals surface area (Å²) >= 11 is 0. The number of carbonyl (C=O) groups excluding carboxylic acids is 2. The molecule has 0 fully saturated rings. The Hall–Kier alpha value is -2.44. The van der Waals surface area contributed by atoms with Crippen molar-refractivity contribution in [3.63, 3.8) is 0 Å². The van der Waals surface area contributed by atoms with Gasteiger partial charge in [-0.1, -0.05) is 0 Å². The largest absolute Gasteiger partial charge is 0.478 e. The van der Waals surface area contributed by atoms with Crippen molar-refractivity contribution in [1.82, 2.24) is 4.90 Å². The molecular weight excluding hydrogens is 255 g/mol. The van der Waals surface area contributed by atoms with Gasteiger partial charge in [-0.05, 0) is 18.2 Å². The monoisotopic (exact) mass is 268 g/mol. The van der Waals surface area contributed by atoms with E-state index in [1.165, 1.54) is 14.0 Å². The number of benzene rings is 1. The molecule has 0 aromatic heterocycles. The third-order valence-electron chi connectivity index (χ3n) is 2.40. The number of carbonyl (C=O) groups is 3. The standard InChI is InChI=1S/C12H13FN2O4/c1-7(16)15(2)6-11(17)14-10-5-8(13)3-4-9(10)12(18)19/h3-5H,6H2,1-2H3,(H,14,17)(H,18,19). The first-order valence-corrected chi connectivity index (χ1v) is 5.35. The van der Waals surface area contributed by atoms with Crippen molar-refractivity contribution in [3.05, 3.63) is 29.6 Å². The summed E-state index contributed by atoms with van der Waals surface area (Å²) in [5.74, 6) is -2.87. The molecule has 0 aliphatic carbocycles. The number of hydrogen-bond donors (Lipinski definition) is 2. The van der Waals surface area contributed by atoms with E-state index in [4.69, 9.17) is 5.11 Å². The minimum atomic E-state index is -1.28. The summed E-state index contributed by atoms with van der Waals surface area (Å²) in [6.07, 6.45) is 0. The fraction of sp³-hybridized carbons (Fsp3) is 0.250. The smallest absolute Gasteiger partial charge is 0.337 e. The van der Waals surface area contributed by atoms with Crippen LogP contribution in [-0.4, -0.2) is 41.4 Å². The molecule has 1 aromatic rings. The van der Waals surface area contributed by atoms with Gasteiger partial charge in [0.1, 0.15) is 5.82 Å². The highest BCUT2D eigenvalue weighted by Gasteiger charge is 2.15. The van der Waals surface area contributed by atoms with E-state index >= 15 is 0 Å². The van der Waals surface area contributed by atoms with Crippen LogP contribution in [0.15, 0.2) is 18.2 Å². The molecule has 0 atom stereocenters. The van der Waals surface area contributed by atoms with Gasteiger partial charge in [-0.2, -0.15) is 0 Å². The molecule has 102 valence electrons. The highest BCUT2D eigenvalue weighted by molar-refractivity contribution is 6.01. The Balaban J connectivity index is 2.87. The van der Waals surface area contributed by atoms with Crippen molar-refractivity contribution in [2.24, 2.45) is 0 Å². The lowest BCUT2D eigenvalue weighted by molar-refractivity contribution is -0.131. The summed E-state index contributed by atoms with van der Waals surface area (Å²) < 4.78 is 13.0. The predicted molar refractivity (Wildman–Crippen MR) is 65.3 cm³/mol. The van der Waals surface area contributed by atoms with Gasteiger partial charge in [0.25, 0.3) is 0 Å². The quantitative estimate of drug-likeness (QED) is 0.850. The molecule has 1 aromatic carbocycles. The van der Waals surface area contributed by atoms with Crippen LogP contribution in [0.4, 0.5) is 10.1 Å². The summed E-state index contributed by atoms with van der Waals surface area (Å²) in [6, 6.07) is 2.96. The maximum Gasteiger partial charge on any atom is 0.337 e. The SMILES string of the molecule is CC(=O)N(C)CC(=O)Nc1cc(F)ccc1C(=O)O. The molecule has 7 heteroatoms. The topological polar surface area (TPSA) is 86.7 Å². The first kappa shape index (κ1) is 14.6. The average Bonchev–Trinajstić information content (AvgIpc) is 2.27. The van der Waals surface area contributed by atoms with Crippen LogP contribution in [0.1, 0.15) is 17.3 Å². The third kappa shape index (κ3) is 4.06. The highest BCUT2D eigenvalue weighted by Crippen LogP contribution is 2.17. The summed E-state index contributed by atoms with van der Waals surface area (Å²) in [6.45, 7) is 1.04. The Morgan fingerprint density at radius 1 is 1.37 bits per heavy atom. The minimum absolute atomic E-state index is 0.144. The minimum Gasteiger partial charge on any atom is -0.478 e. The van der Waals surface area contributed by atoms with Crippen molar-refractivity contribution in [2.45, 2.75) is 6.92 Å². The summed E-state index contributed by atoms with van der Waals surface area (Å²) in [5, 5.41) is 11.2. The molecule has 2 amide bonds. The van der Waals surface area contributed by atoms with E-state index in [1.807, 2.05) is 0 Å². The number of carboxylic acid groups (broad SMARTS) is 1. The van der Waals surface area contributed by atoms with Crippen molar-refractivity contribution in [3.8, 4) is 0 Å². The Labute approximate surface area is 108 Å². The molecule has 0 aliphatic rings. The molecule has 2 N–H and O–H groups in total. The van der Waals surface area contributed by atoms with Gasteiger partial charge >= 0.3 is 5.97 Å². The zero-order valence-electron chi connectivity index (χ0n) is 10.4. The molecule has 0 saturated carbocycles. The fourth-order valence-electron chi connectivity index (χ4n) is 1.32. The zero-order chi connectivity index (χ0) is 14.6. The predicted octanol–water partition coefficient (Wildman–Crippen LogP) is 0.941. The van der Waals surface area contributed by atoms with Gasteiger partial charge in [0.15, 0.2) is 0 Å². The van der Waals surface area contributed by atoms with Crippen LogP contribution >= 0.6 is 0 Å². The van der Waals surface area contributed by atoms with Crippen molar-refractivity contribution >= 4 is 23.5 Å². The molecule has 0 unspecified atom stereocenters. The van der Waals surface area contributed by atoms with E-state index in [0.717, 1.165) is 23.1 Å². The van der Waals surface area contributed by atoms with Crippen LogP contribution in [0, 0.1) is 5.82 Å². The van der Waals surface area contributed by atoms with E-state index < -0.39 is 17.7 Å². The van der Waals surface area contributed by atoms with Crippen molar-refractivity contribution in [2.75, 3.05) is 18.9 Å². The summed E-state index contributed by atoms with van der Waals surface area (Å²) in [5.41, 5.74) is -0.366. The zero-order valence-corrected chi connectivity index (χ0v) is 10.4. The van der Waals surface area contributed by atoms with Gasteiger partial charge in [0, 0.05) is 14.0 Å². The Bertz CT molecular complexity index is 530. The van der Waals surface area contributed by atoms with E-state index in [0.29, 0.717) is 0 Å². The molecule has 0 saturated heterocycles. The number of halogens is 1. The van der Waals surface area contributed by atoms with Crippen LogP contribution in [0.5, 0.6) is 0 Å². The Morgan fingerprint density at radius 2 is 2.00 bits per heavy atom. The third-order valence-corrected chi connectivity index (χ3v) is 2.40. The van der Waals surface area contributed by atoms with E-state index in [2.05, 4.69) is 5.32 Å². The average molecular weight is 268 g/mol. The number of carboxylic acids is 1. The van der Waals surface area contributed by atoms with E-state index in [9.17, 15) is 18.8 Å². The van der Waals surface area contributed by atoms with Crippen molar-refractivity contribution in [1.29, 1.82) is 0 Å². The lowest BCUT2D eigenvalue weighted by Crippen LogP contribution is -2.33. The first-order chi connectivity index (χ1) is 8.81. The molecule has 0 aliphatic heterocycles. The van der Waals surface area contributed by atoms with Gasteiger partial charge < -0.3 is 15.3 Å². The van der Waals surface area contributed by atoms with Crippen LogP contribution in [0.25, 0.3) is 0 Å². The van der Waals surface area contributed by atoms with Gasteiger partial charge in [-0.25, -0.2) is 9.18 Å². The Kier molecular flexibility index (Phi) is 4.57. The second kappa shape index (κ2) is 5.94. The lowest BCUT2D eigenvalue weighted by Gasteiger charge is -2.15. The molecule has 0 heterocycles. The molecule has 1 rings (SSSR count). The number of likely N-dealkylation sites (N-methyl/N-ethyl adjacent to an activating group) is 1. The van der Waals surface area contributed by atoms with Crippen LogP contribution in [0.3, 0.4) is 0 Å². The summed E-state index contributed by atoms with van der Waals surface area (Å²) in [4.78, 5) is 34.6. The van der Waals surface area contributed by atoms with Crippen LogP contribution < -0.4 is 5.32 Å². The fourth-order valence-corrected chi connectivity index (χ4v) is 1.32. The summed E-state index contributed by atoms with van der Waals surface area (Å²) in [7, 11) is 1.42. The molecule has 0 radical (unpaired) electrons. The number of amides is 2. The maximum atomic E-state index is 13.0. The molecule has 0 spiro atoms. The number of anilines is 1. The number of nitrogens with one attached hydrogen (secondary N) is 1. The van der Waals surface area contributed by atoms with Gasteiger partial charge in [-0.3, -0.25) is 9.59 Å². The molecule has 0 bridgehead atoms. The molecular formula is C12H13FN2O4. The first-order valence-electron chi connectivity index (χ1n) is 5.35. The number of rotatable bonds is 4. The van der Waals surface area contributed by atoms with Gasteiger partial charge in [-0.15, -0.1) is 0 Å². The second-order valence-corrected chi connectivity index (χ2v) is 3.92. The second-order valence-electron chi connectivity index (χ2n) is 3.92. The highest BCUT2D eigenvalue weighted by atomic mass is 19.1. The van der Waals surface area contributed by atoms with E-state index in [1.54, 1.807) is 0 Å². The number of hydrogen-bond acceptors (Lipinski definition) is 3. The Morgan fingerprint density at radius 3 is 2.53 bits per heavy atom. The number of aromatic carboxylic acids is 1. The normalized spacial score (nSPS) is 9.84. The van der Waals surface area contributed by atoms with Crippen LogP contribution in [0.2, 0.25) is 0 Å². The maximum absolute atomic E-state index is 13.0. The van der Waals surface area contributed by atoms with E-state index in [-0.39, 0.29) is 23.7 Å². The molecule has 6 nitrogen and oxygen atoms in total. The molecule has 19 heavy (non-hydrogen) atoms. The van der Waals surface area contributed by atoms with Gasteiger partial charge in [0.05, 0.1) is 17.8 Å². The lowest BCUT2D eigenvalue weighted by atomic mass is 10.1. The number of nitrogens with zero attached hydrogens (tertiary/aromatic N) is 1. The van der Waals surface area contributed by atoms with Crippen molar-refractivity contribution < 1.29 is 23.9 Å². The van der Waals surface area contributed by atoms with Crippen LogP contribution in [-0.2, 0) is 9.59 Å². The van der Waals surface area contributed by atoms with Gasteiger partial charge in [0.2, 0.25) is 11.8 Å².